The summed E-state index contributed by atoms with van der Waals surface area (Å²) in [5.41, 5.74) is 5.60. The second-order valence-corrected chi connectivity index (χ2v) is 12.1. The number of pyridine rings is 1. The number of fused-ring (bicyclic) bond motifs is 1. The molecule has 0 saturated heterocycles. The molecule has 0 bridgehead atoms. The number of nitrogens with one attached hydrogen (secondary N) is 3. The average molecular weight is 590 g/mol. The predicted octanol–water partition coefficient (Wildman–Crippen LogP) is 4.27. The van der Waals surface area contributed by atoms with Crippen molar-refractivity contribution < 1.29 is 18.3 Å². The van der Waals surface area contributed by atoms with Crippen LogP contribution in [0.25, 0.3) is 17.0 Å². The van der Waals surface area contributed by atoms with Crippen molar-refractivity contribution in [1.82, 2.24) is 19.7 Å². The minimum atomic E-state index is -4.20. The molecular weight excluding hydrogens is 554 g/mol. The number of carboxylic acids is 1. The molecule has 11 heteroatoms. The summed E-state index contributed by atoms with van der Waals surface area (Å²) >= 11 is 0. The molecule has 4 rings (SSSR count). The quantitative estimate of drug-likeness (QED) is 0.214. The van der Waals surface area contributed by atoms with Gasteiger partial charge in [-0.15, -0.1) is 0 Å². The number of anilines is 1. The molecular formula is C31H35N5O5S. The van der Waals surface area contributed by atoms with Crippen LogP contribution in [0.1, 0.15) is 44.8 Å². The molecule has 0 saturated carbocycles. The summed E-state index contributed by atoms with van der Waals surface area (Å²) in [6.45, 7) is 11.6. The molecule has 0 radical (unpaired) electrons. The molecule has 2 heterocycles. The number of carboxylic acid groups (broad SMARTS) is 1. The van der Waals surface area contributed by atoms with Gasteiger partial charge in [-0.3, -0.25) is 9.59 Å². The Morgan fingerprint density at radius 1 is 1.00 bits per heavy atom. The van der Waals surface area contributed by atoms with Crippen molar-refractivity contribution in [3.8, 4) is 0 Å². The molecule has 220 valence electrons. The number of aromatic nitrogens is 3. The largest absolute Gasteiger partial charge is 0.480 e. The summed E-state index contributed by atoms with van der Waals surface area (Å²) < 4.78 is 29.2. The van der Waals surface area contributed by atoms with E-state index < -0.39 is 27.6 Å². The number of aryl methyl sites for hydroxylation is 1. The van der Waals surface area contributed by atoms with Crippen LogP contribution in [0.2, 0.25) is 0 Å². The van der Waals surface area contributed by atoms with Gasteiger partial charge in [-0.2, -0.15) is 4.72 Å². The minimum Gasteiger partial charge on any atom is -0.480 e. The van der Waals surface area contributed by atoms with Gasteiger partial charge in [-0.05, 0) is 105 Å². The van der Waals surface area contributed by atoms with E-state index in [9.17, 15) is 23.1 Å². The monoisotopic (exact) mass is 589 g/mol. The zero-order valence-electron chi connectivity index (χ0n) is 24.5. The predicted molar refractivity (Wildman–Crippen MR) is 164 cm³/mol. The number of nitrogens with zero attached hydrogens (tertiary/aromatic N) is 2. The number of H-pyrrole nitrogens is 1. The molecule has 0 spiro atoms. The third-order valence-corrected chi connectivity index (χ3v) is 9.34. The van der Waals surface area contributed by atoms with Gasteiger partial charge in [0.15, 0.2) is 0 Å². The second-order valence-electron chi connectivity index (χ2n) is 10.5. The second kappa shape index (κ2) is 12.3. The number of rotatable bonds is 10. The van der Waals surface area contributed by atoms with E-state index in [4.69, 9.17) is 0 Å². The van der Waals surface area contributed by atoms with Gasteiger partial charge in [0.2, 0.25) is 10.0 Å². The number of benzene rings is 2. The maximum Gasteiger partial charge on any atom is 0.322 e. The number of carbonyl (C=O) groups is 1. The summed E-state index contributed by atoms with van der Waals surface area (Å²) in [6, 6.07) is 7.48. The van der Waals surface area contributed by atoms with Crippen LogP contribution in [0, 0.1) is 41.5 Å². The normalized spacial score (nSPS) is 12.6. The van der Waals surface area contributed by atoms with Crippen molar-refractivity contribution in [3.63, 3.8) is 0 Å². The van der Waals surface area contributed by atoms with Gasteiger partial charge < -0.3 is 15.4 Å². The summed E-state index contributed by atoms with van der Waals surface area (Å²) in [7, 11) is -4.20. The highest BCUT2D eigenvalue weighted by atomic mass is 32.2. The summed E-state index contributed by atoms with van der Waals surface area (Å²) in [5, 5.41) is 13.4. The molecule has 4 aromatic rings. The molecule has 2 aromatic heterocycles. The van der Waals surface area contributed by atoms with Gasteiger partial charge in [0.05, 0.1) is 15.8 Å². The third kappa shape index (κ3) is 6.58. The first kappa shape index (κ1) is 30.6. The van der Waals surface area contributed by atoms with E-state index in [2.05, 4.69) is 25.0 Å². The van der Waals surface area contributed by atoms with Gasteiger partial charge in [-0.1, -0.05) is 18.2 Å². The highest BCUT2D eigenvalue weighted by Gasteiger charge is 2.30. The van der Waals surface area contributed by atoms with E-state index in [0.717, 1.165) is 33.6 Å². The van der Waals surface area contributed by atoms with Crippen molar-refractivity contribution in [1.29, 1.82) is 0 Å². The fourth-order valence-corrected chi connectivity index (χ4v) is 6.67. The van der Waals surface area contributed by atoms with Crippen LogP contribution in [0.5, 0.6) is 0 Å². The van der Waals surface area contributed by atoms with Crippen molar-refractivity contribution in [2.75, 3.05) is 11.9 Å². The van der Waals surface area contributed by atoms with Crippen LogP contribution in [0.3, 0.4) is 0 Å². The lowest BCUT2D eigenvalue weighted by atomic mass is 9.95. The third-order valence-electron chi connectivity index (χ3n) is 7.60. The van der Waals surface area contributed by atoms with E-state index in [1.54, 1.807) is 38.2 Å². The van der Waals surface area contributed by atoms with Gasteiger partial charge in [-0.25, -0.2) is 18.4 Å². The van der Waals surface area contributed by atoms with E-state index in [-0.39, 0.29) is 17.1 Å². The highest BCUT2D eigenvalue weighted by molar-refractivity contribution is 7.89. The molecule has 0 amide bonds. The van der Waals surface area contributed by atoms with Gasteiger partial charge in [0.25, 0.3) is 5.56 Å². The summed E-state index contributed by atoms with van der Waals surface area (Å²) in [4.78, 5) is 36.4. The Kier molecular flexibility index (Phi) is 8.93. The molecule has 4 N–H and O–H groups in total. The average Bonchev–Trinajstić information content (AvgIpc) is 2.93. The zero-order chi connectivity index (χ0) is 30.8. The van der Waals surface area contributed by atoms with Crippen LogP contribution >= 0.6 is 0 Å². The van der Waals surface area contributed by atoms with Crippen LogP contribution in [-0.2, 0) is 21.2 Å². The molecule has 0 aliphatic rings. The Labute approximate surface area is 245 Å². The molecule has 0 unspecified atom stereocenters. The molecule has 1 atom stereocenters. The zero-order valence-corrected chi connectivity index (χ0v) is 25.3. The molecule has 10 nitrogen and oxygen atoms in total. The lowest BCUT2D eigenvalue weighted by molar-refractivity contribution is -0.139. The number of aliphatic carboxylic acids is 1. The Bertz CT molecular complexity index is 1850. The SMILES string of the molecule is Cc1ccnc(NCC=Cc2ccc3nc(C[C@H](NS(=O)(=O)c4c(C)c(C)c(C)c(C)c4C)C(=O)O)[nH]c(=O)c3c2)c1. The number of hydrogen-bond acceptors (Lipinski definition) is 7. The van der Waals surface area contributed by atoms with Gasteiger partial charge >= 0.3 is 5.97 Å². The first-order valence-electron chi connectivity index (χ1n) is 13.5. The summed E-state index contributed by atoms with van der Waals surface area (Å²) in [6.07, 6.45) is 5.16. The topological polar surface area (TPSA) is 154 Å². The lowest BCUT2D eigenvalue weighted by Gasteiger charge is -2.21. The standard InChI is InChI=1S/C31H35N5O5S/c1-17-11-13-33-27(14-17)32-12-7-8-23-9-10-25-24(15-23)30(37)35-28(34-25)16-26(31(38)39)36-42(40,41)29-21(5)19(3)18(2)20(4)22(29)6/h7-11,13-15,26,36H,12,16H2,1-6H3,(H,32,33)(H,38,39)(H,34,35,37)/t26-/m0/s1. The van der Waals surface area contributed by atoms with E-state index in [1.165, 1.54) is 0 Å². The van der Waals surface area contributed by atoms with Gasteiger partial charge in [0, 0.05) is 19.2 Å². The van der Waals surface area contributed by atoms with Crippen molar-refractivity contribution >= 4 is 38.8 Å². The Balaban J connectivity index is 1.54. The van der Waals surface area contributed by atoms with Crippen molar-refractivity contribution in [2.45, 2.75) is 58.9 Å². The van der Waals surface area contributed by atoms with Gasteiger partial charge in [0.1, 0.15) is 17.7 Å². The summed E-state index contributed by atoms with van der Waals surface area (Å²) in [5.74, 6) is -0.555. The molecule has 0 aliphatic carbocycles. The number of aromatic amines is 1. The fourth-order valence-electron chi connectivity index (χ4n) is 4.88. The Morgan fingerprint density at radius 2 is 1.67 bits per heavy atom. The van der Waals surface area contributed by atoms with Crippen molar-refractivity contribution in [2.24, 2.45) is 0 Å². The Morgan fingerprint density at radius 3 is 2.31 bits per heavy atom. The fraction of sp³-hybridized carbons (Fsp3) is 0.290. The first-order valence-corrected chi connectivity index (χ1v) is 14.9. The maximum atomic E-state index is 13.4. The minimum absolute atomic E-state index is 0.0606. The molecule has 0 fully saturated rings. The highest BCUT2D eigenvalue weighted by Crippen LogP contribution is 2.29. The number of sulfonamides is 1. The van der Waals surface area contributed by atoms with Crippen LogP contribution in [0.4, 0.5) is 5.82 Å². The van der Waals surface area contributed by atoms with E-state index in [0.29, 0.717) is 28.6 Å². The Hall–Kier alpha value is -4.35. The van der Waals surface area contributed by atoms with E-state index >= 15 is 0 Å². The smallest absolute Gasteiger partial charge is 0.322 e. The molecule has 0 aliphatic heterocycles. The van der Waals surface area contributed by atoms with Crippen LogP contribution in [-0.4, -0.2) is 47.0 Å². The molecule has 42 heavy (non-hydrogen) atoms. The van der Waals surface area contributed by atoms with Crippen LogP contribution in [0.15, 0.2) is 52.3 Å². The first-order chi connectivity index (χ1) is 19.8. The molecule has 2 aromatic carbocycles. The lowest BCUT2D eigenvalue weighted by Crippen LogP contribution is -2.43. The maximum absolute atomic E-state index is 13.4. The van der Waals surface area contributed by atoms with E-state index in [1.807, 2.05) is 52.0 Å². The van der Waals surface area contributed by atoms with Crippen LogP contribution < -0.4 is 15.6 Å². The van der Waals surface area contributed by atoms with Crippen molar-refractivity contribution in [3.05, 3.63) is 97.7 Å². The number of hydrogen-bond donors (Lipinski definition) is 4.